The molecule has 0 radical (unpaired) electrons. The molecule has 0 saturated carbocycles. The van der Waals surface area contributed by atoms with Gasteiger partial charge in [0.05, 0.1) is 11.1 Å². The molecule has 24 heavy (non-hydrogen) atoms. The van der Waals surface area contributed by atoms with Crippen LogP contribution in [0.2, 0.25) is 0 Å². The monoisotopic (exact) mass is 323 g/mol. The van der Waals surface area contributed by atoms with E-state index in [4.69, 9.17) is 4.74 Å². The number of carbonyl (C=O) groups excluding carboxylic acids is 2. The van der Waals surface area contributed by atoms with E-state index in [1.807, 2.05) is 18.2 Å². The van der Waals surface area contributed by atoms with Gasteiger partial charge in [-0.2, -0.15) is 0 Å². The lowest BCUT2D eigenvalue weighted by Gasteiger charge is -2.13. The van der Waals surface area contributed by atoms with Gasteiger partial charge >= 0.3 is 0 Å². The number of carbonyl (C=O) groups is 2. The first-order valence-electron chi connectivity index (χ1n) is 8.34. The molecule has 1 heterocycles. The summed E-state index contributed by atoms with van der Waals surface area (Å²) in [5.74, 6) is -0.389. The Morgan fingerprint density at radius 2 is 1.33 bits per heavy atom. The van der Waals surface area contributed by atoms with Crippen LogP contribution < -0.4 is 0 Å². The standard InChI is InChI=1S/C20H21NO3/c22-19-17-11-4-5-12-18(17)20(23)21(19)13-7-15-24-14-6-10-16-8-2-1-3-9-16/h1-5,8-9,11-12H,6-7,10,13-15H2. The average Bonchev–Trinajstić information content (AvgIpc) is 2.87. The molecule has 1 aliphatic heterocycles. The summed E-state index contributed by atoms with van der Waals surface area (Å²) in [6.07, 6.45) is 2.63. The van der Waals surface area contributed by atoms with E-state index in [-0.39, 0.29) is 11.8 Å². The Labute approximate surface area is 142 Å². The van der Waals surface area contributed by atoms with Crippen LogP contribution in [0.25, 0.3) is 0 Å². The molecular weight excluding hydrogens is 302 g/mol. The molecule has 0 bridgehead atoms. The number of aryl methyl sites for hydroxylation is 1. The number of fused-ring (bicyclic) bond motifs is 1. The van der Waals surface area contributed by atoms with E-state index < -0.39 is 0 Å². The molecule has 0 N–H and O–H groups in total. The van der Waals surface area contributed by atoms with Gasteiger partial charge in [-0.05, 0) is 37.0 Å². The van der Waals surface area contributed by atoms with Gasteiger partial charge in [0.2, 0.25) is 0 Å². The molecule has 3 rings (SSSR count). The summed E-state index contributed by atoms with van der Waals surface area (Å²) in [5.41, 5.74) is 2.32. The molecule has 2 amide bonds. The molecule has 4 nitrogen and oxygen atoms in total. The summed E-state index contributed by atoms with van der Waals surface area (Å²) >= 11 is 0. The van der Waals surface area contributed by atoms with E-state index >= 15 is 0 Å². The largest absolute Gasteiger partial charge is 0.381 e. The van der Waals surface area contributed by atoms with Gasteiger partial charge in [0.25, 0.3) is 11.8 Å². The molecule has 0 saturated heterocycles. The number of imide groups is 1. The summed E-state index contributed by atoms with van der Waals surface area (Å²) in [5, 5.41) is 0. The van der Waals surface area contributed by atoms with Crippen molar-refractivity contribution in [2.24, 2.45) is 0 Å². The second-order valence-electron chi connectivity index (χ2n) is 5.86. The average molecular weight is 323 g/mol. The van der Waals surface area contributed by atoms with Gasteiger partial charge in [0, 0.05) is 19.8 Å². The third-order valence-corrected chi connectivity index (χ3v) is 4.15. The minimum Gasteiger partial charge on any atom is -0.381 e. The van der Waals surface area contributed by atoms with Gasteiger partial charge in [-0.1, -0.05) is 42.5 Å². The number of hydrogen-bond donors (Lipinski definition) is 0. The molecule has 1 aliphatic rings. The number of nitrogens with zero attached hydrogens (tertiary/aromatic N) is 1. The van der Waals surface area contributed by atoms with Crippen molar-refractivity contribution >= 4 is 11.8 Å². The van der Waals surface area contributed by atoms with Gasteiger partial charge in [-0.25, -0.2) is 0 Å². The van der Waals surface area contributed by atoms with Crippen molar-refractivity contribution in [3.05, 3.63) is 71.3 Å². The van der Waals surface area contributed by atoms with E-state index in [1.165, 1.54) is 10.5 Å². The SMILES string of the molecule is O=C1c2ccccc2C(=O)N1CCCOCCCc1ccccc1. The van der Waals surface area contributed by atoms with Gasteiger partial charge in [0.1, 0.15) is 0 Å². The Morgan fingerprint density at radius 3 is 2.00 bits per heavy atom. The number of hydrogen-bond acceptors (Lipinski definition) is 3. The molecule has 0 spiro atoms. The summed E-state index contributed by atoms with van der Waals surface area (Å²) in [6, 6.07) is 17.3. The predicted octanol–water partition coefficient (Wildman–Crippen LogP) is 3.32. The van der Waals surface area contributed by atoms with E-state index in [9.17, 15) is 9.59 Å². The Balaban J connectivity index is 1.34. The van der Waals surface area contributed by atoms with Crippen molar-refractivity contribution in [1.29, 1.82) is 0 Å². The minimum atomic E-state index is -0.195. The zero-order valence-corrected chi connectivity index (χ0v) is 13.6. The van der Waals surface area contributed by atoms with E-state index in [0.717, 1.165) is 12.8 Å². The molecular formula is C20H21NO3. The molecule has 0 fully saturated rings. The number of benzene rings is 2. The van der Waals surface area contributed by atoms with Gasteiger partial charge in [-0.3, -0.25) is 14.5 Å². The molecule has 2 aromatic rings. The zero-order chi connectivity index (χ0) is 16.8. The van der Waals surface area contributed by atoms with Crippen molar-refractivity contribution in [3.8, 4) is 0 Å². The van der Waals surface area contributed by atoms with Crippen LogP contribution in [0.4, 0.5) is 0 Å². The Kier molecular flexibility index (Phi) is 5.39. The lowest BCUT2D eigenvalue weighted by atomic mass is 10.1. The molecule has 2 aromatic carbocycles. The maximum atomic E-state index is 12.2. The number of amides is 2. The van der Waals surface area contributed by atoms with Crippen molar-refractivity contribution < 1.29 is 14.3 Å². The number of rotatable bonds is 8. The fourth-order valence-electron chi connectivity index (χ4n) is 2.89. The molecule has 0 atom stereocenters. The third kappa shape index (κ3) is 3.71. The van der Waals surface area contributed by atoms with E-state index in [2.05, 4.69) is 12.1 Å². The van der Waals surface area contributed by atoms with Crippen LogP contribution in [0.15, 0.2) is 54.6 Å². The van der Waals surface area contributed by atoms with Crippen LogP contribution in [0.1, 0.15) is 39.1 Å². The van der Waals surface area contributed by atoms with Crippen LogP contribution in [0.5, 0.6) is 0 Å². The summed E-state index contributed by atoms with van der Waals surface area (Å²) in [4.78, 5) is 25.7. The highest BCUT2D eigenvalue weighted by molar-refractivity contribution is 6.21. The fourth-order valence-corrected chi connectivity index (χ4v) is 2.89. The quantitative estimate of drug-likeness (QED) is 0.553. The highest BCUT2D eigenvalue weighted by Gasteiger charge is 2.34. The Bertz CT molecular complexity index is 677. The van der Waals surface area contributed by atoms with Crippen LogP contribution in [-0.2, 0) is 11.2 Å². The predicted molar refractivity (Wildman–Crippen MR) is 92.0 cm³/mol. The van der Waals surface area contributed by atoms with Gasteiger partial charge < -0.3 is 4.74 Å². The van der Waals surface area contributed by atoms with E-state index in [1.54, 1.807) is 24.3 Å². The summed E-state index contributed by atoms with van der Waals surface area (Å²) in [6.45, 7) is 1.66. The van der Waals surface area contributed by atoms with Crippen molar-refractivity contribution in [3.63, 3.8) is 0 Å². The first kappa shape index (κ1) is 16.4. The molecule has 0 aliphatic carbocycles. The highest BCUT2D eigenvalue weighted by atomic mass is 16.5. The van der Waals surface area contributed by atoms with Crippen molar-refractivity contribution in [2.75, 3.05) is 19.8 Å². The topological polar surface area (TPSA) is 46.6 Å². The van der Waals surface area contributed by atoms with Crippen LogP contribution in [0, 0.1) is 0 Å². The van der Waals surface area contributed by atoms with Crippen LogP contribution in [-0.4, -0.2) is 36.5 Å². The Hall–Kier alpha value is -2.46. The maximum absolute atomic E-state index is 12.2. The molecule has 0 aromatic heterocycles. The molecule has 0 unspecified atom stereocenters. The minimum absolute atomic E-state index is 0.195. The lowest BCUT2D eigenvalue weighted by molar-refractivity contribution is 0.0625. The Morgan fingerprint density at radius 1 is 0.750 bits per heavy atom. The van der Waals surface area contributed by atoms with Crippen LogP contribution >= 0.6 is 0 Å². The van der Waals surface area contributed by atoms with Crippen LogP contribution in [0.3, 0.4) is 0 Å². The fraction of sp³-hybridized carbons (Fsp3) is 0.300. The van der Waals surface area contributed by atoms with E-state index in [0.29, 0.717) is 37.3 Å². The number of ether oxygens (including phenoxy) is 1. The maximum Gasteiger partial charge on any atom is 0.261 e. The smallest absolute Gasteiger partial charge is 0.261 e. The van der Waals surface area contributed by atoms with Crippen molar-refractivity contribution in [2.45, 2.75) is 19.3 Å². The summed E-state index contributed by atoms with van der Waals surface area (Å²) in [7, 11) is 0. The third-order valence-electron chi connectivity index (χ3n) is 4.15. The van der Waals surface area contributed by atoms with Crippen molar-refractivity contribution in [1.82, 2.24) is 4.90 Å². The summed E-state index contributed by atoms with van der Waals surface area (Å²) < 4.78 is 5.61. The molecule has 4 heteroatoms. The zero-order valence-electron chi connectivity index (χ0n) is 13.6. The highest BCUT2D eigenvalue weighted by Crippen LogP contribution is 2.22. The second-order valence-corrected chi connectivity index (χ2v) is 5.86. The normalized spacial score (nSPS) is 13.4. The van der Waals surface area contributed by atoms with Gasteiger partial charge in [0.15, 0.2) is 0 Å². The second kappa shape index (κ2) is 7.88. The van der Waals surface area contributed by atoms with Gasteiger partial charge in [-0.15, -0.1) is 0 Å². The first-order chi connectivity index (χ1) is 11.8. The first-order valence-corrected chi connectivity index (χ1v) is 8.34. The lowest BCUT2D eigenvalue weighted by Crippen LogP contribution is -2.31. The molecule has 124 valence electrons.